The van der Waals surface area contributed by atoms with Crippen molar-refractivity contribution in [2.24, 2.45) is 11.8 Å². The second-order valence-corrected chi connectivity index (χ2v) is 7.31. The van der Waals surface area contributed by atoms with E-state index in [0.29, 0.717) is 0 Å². The first-order chi connectivity index (χ1) is 9.40. The maximum Gasteiger partial charge on any atom is 0.0195 e. The van der Waals surface area contributed by atoms with Crippen LogP contribution >= 0.6 is 0 Å². The van der Waals surface area contributed by atoms with Gasteiger partial charge in [-0.1, -0.05) is 25.7 Å². The van der Waals surface area contributed by atoms with Gasteiger partial charge >= 0.3 is 0 Å². The van der Waals surface area contributed by atoms with E-state index in [2.05, 4.69) is 10.2 Å². The normalized spacial score (nSPS) is 29.8. The summed E-state index contributed by atoms with van der Waals surface area (Å²) < 4.78 is 0. The molecule has 2 heteroatoms. The van der Waals surface area contributed by atoms with Crippen molar-refractivity contribution in [2.45, 2.75) is 70.3 Å². The van der Waals surface area contributed by atoms with Crippen molar-refractivity contribution in [3.63, 3.8) is 0 Å². The first kappa shape index (κ1) is 13.9. The zero-order valence-corrected chi connectivity index (χ0v) is 12.6. The van der Waals surface area contributed by atoms with Crippen molar-refractivity contribution in [3.05, 3.63) is 0 Å². The molecule has 110 valence electrons. The van der Waals surface area contributed by atoms with Gasteiger partial charge in [-0.3, -0.25) is 0 Å². The van der Waals surface area contributed by atoms with Crippen LogP contribution in [-0.4, -0.2) is 37.1 Å². The summed E-state index contributed by atoms with van der Waals surface area (Å²) in [5.41, 5.74) is 0. The minimum atomic E-state index is 0.796. The number of nitrogens with one attached hydrogen (secondary N) is 1. The smallest absolute Gasteiger partial charge is 0.0195 e. The number of hydrogen-bond acceptors (Lipinski definition) is 2. The maximum absolute atomic E-state index is 3.69. The molecule has 3 aliphatic rings. The summed E-state index contributed by atoms with van der Waals surface area (Å²) >= 11 is 0. The van der Waals surface area contributed by atoms with Crippen LogP contribution in [0.4, 0.5) is 0 Å². The second kappa shape index (κ2) is 7.08. The predicted molar refractivity (Wildman–Crippen MR) is 81.4 cm³/mol. The lowest BCUT2D eigenvalue weighted by Crippen LogP contribution is -2.41. The van der Waals surface area contributed by atoms with Gasteiger partial charge in [0.2, 0.25) is 0 Å². The molecule has 0 aromatic heterocycles. The Kier molecular flexibility index (Phi) is 5.17. The Labute approximate surface area is 119 Å². The lowest BCUT2D eigenvalue weighted by Gasteiger charge is -2.29. The summed E-state index contributed by atoms with van der Waals surface area (Å²) in [7, 11) is 0. The SMILES string of the molecule is C1CCCC(CN(CC2CC2)CC2CCCN2)CC1. The van der Waals surface area contributed by atoms with Gasteiger partial charge in [0, 0.05) is 25.7 Å². The molecule has 0 aromatic rings. The standard InChI is InChI=1S/C17H32N2/c1-2-4-7-15(6-3-1)12-19(13-16-9-10-16)14-17-8-5-11-18-17/h15-18H,1-14H2. The molecule has 1 unspecified atom stereocenters. The van der Waals surface area contributed by atoms with E-state index in [9.17, 15) is 0 Å². The molecule has 1 N–H and O–H groups in total. The highest BCUT2D eigenvalue weighted by atomic mass is 15.2. The minimum absolute atomic E-state index is 0.796. The van der Waals surface area contributed by atoms with Crippen molar-refractivity contribution in [2.75, 3.05) is 26.2 Å². The third-order valence-electron chi connectivity index (χ3n) is 5.35. The van der Waals surface area contributed by atoms with E-state index in [1.165, 1.54) is 90.4 Å². The summed E-state index contributed by atoms with van der Waals surface area (Å²) in [5.74, 6) is 2.05. The van der Waals surface area contributed by atoms with Crippen molar-refractivity contribution in [1.29, 1.82) is 0 Å². The van der Waals surface area contributed by atoms with Crippen molar-refractivity contribution < 1.29 is 0 Å². The van der Waals surface area contributed by atoms with Gasteiger partial charge in [-0.25, -0.2) is 0 Å². The fourth-order valence-electron chi connectivity index (χ4n) is 4.03. The van der Waals surface area contributed by atoms with Gasteiger partial charge in [0.05, 0.1) is 0 Å². The Morgan fingerprint density at radius 3 is 1.95 bits per heavy atom. The fraction of sp³-hybridized carbons (Fsp3) is 1.00. The highest BCUT2D eigenvalue weighted by Crippen LogP contribution is 2.31. The van der Waals surface area contributed by atoms with E-state index >= 15 is 0 Å². The van der Waals surface area contributed by atoms with Gasteiger partial charge in [0.25, 0.3) is 0 Å². The Morgan fingerprint density at radius 2 is 1.37 bits per heavy atom. The first-order valence-corrected chi connectivity index (χ1v) is 8.86. The van der Waals surface area contributed by atoms with Crippen molar-refractivity contribution in [1.82, 2.24) is 10.2 Å². The van der Waals surface area contributed by atoms with Crippen LogP contribution in [0.1, 0.15) is 64.2 Å². The molecular weight excluding hydrogens is 232 g/mol. The summed E-state index contributed by atoms with van der Waals surface area (Å²) in [5, 5.41) is 3.69. The topological polar surface area (TPSA) is 15.3 Å². The molecule has 0 aromatic carbocycles. The molecule has 3 rings (SSSR count). The first-order valence-electron chi connectivity index (χ1n) is 8.86. The van der Waals surface area contributed by atoms with Crippen molar-refractivity contribution in [3.8, 4) is 0 Å². The maximum atomic E-state index is 3.69. The molecular formula is C17H32N2. The minimum Gasteiger partial charge on any atom is -0.313 e. The van der Waals surface area contributed by atoms with Crippen LogP contribution in [0.5, 0.6) is 0 Å². The van der Waals surface area contributed by atoms with Crippen LogP contribution in [0.3, 0.4) is 0 Å². The predicted octanol–water partition coefficient (Wildman–Crippen LogP) is 3.42. The third kappa shape index (κ3) is 4.75. The fourth-order valence-corrected chi connectivity index (χ4v) is 4.03. The molecule has 0 amide bonds. The summed E-state index contributed by atoms with van der Waals surface area (Å²) in [6.07, 6.45) is 14.8. The van der Waals surface area contributed by atoms with Gasteiger partial charge in [0.15, 0.2) is 0 Å². The Balaban J connectivity index is 1.48. The largest absolute Gasteiger partial charge is 0.313 e. The Morgan fingerprint density at radius 1 is 0.684 bits per heavy atom. The van der Waals surface area contributed by atoms with Crippen LogP contribution in [0.25, 0.3) is 0 Å². The van der Waals surface area contributed by atoms with Crippen LogP contribution in [-0.2, 0) is 0 Å². The molecule has 2 nitrogen and oxygen atoms in total. The van der Waals surface area contributed by atoms with Crippen LogP contribution in [0, 0.1) is 11.8 Å². The summed E-state index contributed by atoms with van der Waals surface area (Å²) in [6.45, 7) is 5.38. The highest BCUT2D eigenvalue weighted by Gasteiger charge is 2.27. The second-order valence-electron chi connectivity index (χ2n) is 7.31. The van der Waals surface area contributed by atoms with E-state index < -0.39 is 0 Å². The molecule has 1 saturated heterocycles. The van der Waals surface area contributed by atoms with Crippen molar-refractivity contribution >= 4 is 0 Å². The third-order valence-corrected chi connectivity index (χ3v) is 5.35. The number of nitrogens with zero attached hydrogens (tertiary/aromatic N) is 1. The summed E-state index contributed by atoms with van der Waals surface area (Å²) in [4.78, 5) is 2.83. The monoisotopic (exact) mass is 264 g/mol. The van der Waals surface area contributed by atoms with E-state index in [1.807, 2.05) is 0 Å². The molecule has 0 bridgehead atoms. The van der Waals surface area contributed by atoms with E-state index in [0.717, 1.165) is 17.9 Å². The van der Waals surface area contributed by atoms with E-state index in [1.54, 1.807) is 0 Å². The van der Waals surface area contributed by atoms with E-state index in [-0.39, 0.29) is 0 Å². The van der Waals surface area contributed by atoms with Crippen LogP contribution in [0.15, 0.2) is 0 Å². The average Bonchev–Trinajstić information content (AvgIpc) is 3.13. The highest BCUT2D eigenvalue weighted by molar-refractivity contribution is 4.83. The molecule has 1 aliphatic heterocycles. The Bertz CT molecular complexity index is 248. The molecule has 3 fully saturated rings. The lowest BCUT2D eigenvalue weighted by molar-refractivity contribution is 0.195. The Hall–Kier alpha value is -0.0800. The van der Waals surface area contributed by atoms with Gasteiger partial charge in [-0.05, 0) is 56.9 Å². The zero-order chi connectivity index (χ0) is 12.9. The molecule has 19 heavy (non-hydrogen) atoms. The van der Waals surface area contributed by atoms with Gasteiger partial charge in [-0.15, -0.1) is 0 Å². The number of rotatable bonds is 6. The molecule has 2 aliphatic carbocycles. The molecule has 1 heterocycles. The van der Waals surface area contributed by atoms with Gasteiger partial charge in [0.1, 0.15) is 0 Å². The molecule has 0 radical (unpaired) electrons. The summed E-state index contributed by atoms with van der Waals surface area (Å²) in [6, 6.07) is 0.796. The molecule has 2 saturated carbocycles. The number of hydrogen-bond donors (Lipinski definition) is 1. The quantitative estimate of drug-likeness (QED) is 0.740. The molecule has 0 spiro atoms. The van der Waals surface area contributed by atoms with Crippen LogP contribution < -0.4 is 5.32 Å². The van der Waals surface area contributed by atoms with Crippen LogP contribution in [0.2, 0.25) is 0 Å². The van der Waals surface area contributed by atoms with E-state index in [4.69, 9.17) is 0 Å². The van der Waals surface area contributed by atoms with Gasteiger partial charge < -0.3 is 10.2 Å². The average molecular weight is 264 g/mol. The molecule has 1 atom stereocenters. The zero-order valence-electron chi connectivity index (χ0n) is 12.6. The lowest BCUT2D eigenvalue weighted by atomic mass is 9.99. The van der Waals surface area contributed by atoms with Gasteiger partial charge in [-0.2, -0.15) is 0 Å².